The number of aryl methyl sites for hydroxylation is 1. The van der Waals surface area contributed by atoms with Crippen LogP contribution in [0.3, 0.4) is 0 Å². The lowest BCUT2D eigenvalue weighted by Crippen LogP contribution is -2.17. The maximum atomic E-state index is 11.0. The molecule has 0 unspecified atom stereocenters. The molecule has 1 N–H and O–H groups in total. The van der Waals surface area contributed by atoms with Crippen molar-refractivity contribution in [3.8, 4) is 0 Å². The van der Waals surface area contributed by atoms with Gasteiger partial charge >= 0.3 is 5.65 Å². The smallest absolute Gasteiger partial charge is 0.192 e. The molecule has 56 valence electrons. The maximum absolute atomic E-state index is 11.0. The predicted octanol–water partition coefficient (Wildman–Crippen LogP) is -0.184. The fourth-order valence-electron chi connectivity index (χ4n) is 1.04. The van der Waals surface area contributed by atoms with Crippen molar-refractivity contribution in [3.63, 3.8) is 0 Å². The molecule has 11 heavy (non-hydrogen) atoms. The van der Waals surface area contributed by atoms with Crippen molar-refractivity contribution in [1.82, 2.24) is 14.9 Å². The second-order valence-corrected chi connectivity index (χ2v) is 2.30. The number of aromatic nitrogens is 4. The standard InChI is InChI=1S/C6H7N4O/c1-9-5-3-2-4-7-6(5)10(11)8-9/h2-4H,1H3,(H,8,11)/q+1. The lowest BCUT2D eigenvalue weighted by molar-refractivity contribution is -0.542. The molecule has 0 saturated carbocycles. The van der Waals surface area contributed by atoms with Crippen LogP contribution in [0.5, 0.6) is 0 Å². The lowest BCUT2D eigenvalue weighted by atomic mass is 10.4. The fraction of sp³-hybridized carbons (Fsp3) is 0.167. The Morgan fingerprint density at radius 3 is 3.27 bits per heavy atom. The minimum atomic E-state index is 0.412. The van der Waals surface area contributed by atoms with Crippen LogP contribution in [0.4, 0.5) is 0 Å². The van der Waals surface area contributed by atoms with Gasteiger partial charge in [-0.2, -0.15) is 4.68 Å². The molecular weight excluding hydrogens is 144 g/mol. The van der Waals surface area contributed by atoms with Gasteiger partial charge < -0.3 is 0 Å². The van der Waals surface area contributed by atoms with Gasteiger partial charge in [0.05, 0.1) is 11.6 Å². The molecule has 0 aliphatic heterocycles. The first-order valence-electron chi connectivity index (χ1n) is 3.21. The normalized spacial score (nSPS) is 10.6. The summed E-state index contributed by atoms with van der Waals surface area (Å²) in [4.78, 5) is 14.9. The van der Waals surface area contributed by atoms with Gasteiger partial charge in [0.2, 0.25) is 0 Å². The van der Waals surface area contributed by atoms with Crippen LogP contribution in [0.15, 0.2) is 18.3 Å². The van der Waals surface area contributed by atoms with E-state index >= 15 is 0 Å². The Morgan fingerprint density at radius 1 is 1.73 bits per heavy atom. The molecule has 0 radical (unpaired) electrons. The van der Waals surface area contributed by atoms with Gasteiger partial charge in [-0.3, -0.25) is 0 Å². The van der Waals surface area contributed by atoms with Gasteiger partial charge in [0.1, 0.15) is 6.20 Å². The highest BCUT2D eigenvalue weighted by atomic mass is 16.3. The van der Waals surface area contributed by atoms with Crippen LogP contribution in [0.25, 0.3) is 11.2 Å². The molecule has 0 spiro atoms. The number of rotatable bonds is 0. The Kier molecular flexibility index (Phi) is 1.06. The highest BCUT2D eigenvalue weighted by Gasteiger charge is 2.09. The molecule has 2 aromatic heterocycles. The second kappa shape index (κ2) is 1.91. The Hall–Kier alpha value is -1.65. The monoisotopic (exact) mass is 151 g/mol. The van der Waals surface area contributed by atoms with E-state index in [4.69, 9.17) is 0 Å². The van der Waals surface area contributed by atoms with E-state index in [1.54, 1.807) is 24.0 Å². The Morgan fingerprint density at radius 2 is 2.55 bits per heavy atom. The summed E-state index contributed by atoms with van der Waals surface area (Å²) in [5.41, 5.74) is 1.21. The van der Waals surface area contributed by atoms with Crippen LogP contribution >= 0.6 is 0 Å². The average molecular weight is 151 g/mol. The molecular formula is C6H7N4O+. The summed E-state index contributed by atoms with van der Waals surface area (Å²) in [6.07, 6.45) is 1.59. The van der Waals surface area contributed by atoms with E-state index in [1.165, 1.54) is 0 Å². The molecule has 0 fully saturated rings. The van der Waals surface area contributed by atoms with E-state index in [2.05, 4.69) is 10.2 Å². The van der Waals surface area contributed by atoms with Gasteiger partial charge in [-0.05, 0) is 12.1 Å². The third-order valence-corrected chi connectivity index (χ3v) is 1.56. The molecule has 2 aromatic rings. The molecule has 0 saturated heterocycles. The number of nitrogens with one attached hydrogen (secondary N) is 1. The first-order chi connectivity index (χ1) is 5.29. The summed E-state index contributed by atoms with van der Waals surface area (Å²) in [6, 6.07) is 3.61. The molecule has 0 aliphatic rings. The van der Waals surface area contributed by atoms with Crippen molar-refractivity contribution in [1.29, 1.82) is 0 Å². The van der Waals surface area contributed by atoms with E-state index in [1.807, 2.05) is 6.07 Å². The molecule has 0 amide bonds. The number of fused-ring (bicyclic) bond motifs is 1. The van der Waals surface area contributed by atoms with E-state index in [-0.39, 0.29) is 0 Å². The summed E-state index contributed by atoms with van der Waals surface area (Å²) in [5, 5.41) is 2.53. The van der Waals surface area contributed by atoms with Crippen LogP contribution in [0, 0.1) is 4.91 Å². The largest absolute Gasteiger partial charge is 0.366 e. The van der Waals surface area contributed by atoms with Crippen molar-refractivity contribution in [2.75, 3.05) is 0 Å². The molecule has 2 rings (SSSR count). The lowest BCUT2D eigenvalue weighted by Gasteiger charge is -1.80. The van der Waals surface area contributed by atoms with Crippen LogP contribution in [0.2, 0.25) is 0 Å². The second-order valence-electron chi connectivity index (χ2n) is 2.30. The molecule has 5 heteroatoms. The van der Waals surface area contributed by atoms with Gasteiger partial charge in [0.15, 0.2) is 5.52 Å². The van der Waals surface area contributed by atoms with Crippen LogP contribution in [-0.2, 0) is 7.05 Å². The van der Waals surface area contributed by atoms with Gasteiger partial charge in [-0.15, -0.1) is 10.2 Å². The molecule has 2 heterocycles. The average Bonchev–Trinajstić information content (AvgIpc) is 2.30. The number of hydrogen-bond acceptors (Lipinski definition) is 2. The number of nitrogens with zero attached hydrogens (tertiary/aromatic N) is 3. The van der Waals surface area contributed by atoms with E-state index in [0.29, 0.717) is 10.2 Å². The highest BCUT2D eigenvalue weighted by molar-refractivity contribution is 5.65. The van der Waals surface area contributed by atoms with Crippen molar-refractivity contribution in [2.24, 2.45) is 7.05 Å². The number of hydrogen-bond donors (Lipinski definition) is 1. The van der Waals surface area contributed by atoms with E-state index in [0.717, 1.165) is 5.52 Å². The molecule has 0 aliphatic carbocycles. The van der Waals surface area contributed by atoms with Crippen molar-refractivity contribution < 1.29 is 4.54 Å². The minimum absolute atomic E-state index is 0.412. The molecule has 0 aromatic carbocycles. The first kappa shape index (κ1) is 6.09. The maximum Gasteiger partial charge on any atom is 0.366 e. The number of pyridine rings is 1. The summed E-state index contributed by atoms with van der Waals surface area (Å²) >= 11 is 0. The van der Waals surface area contributed by atoms with Gasteiger partial charge in [0.25, 0.3) is 0 Å². The summed E-state index contributed by atoms with van der Waals surface area (Å²) in [5.74, 6) is 0. The van der Waals surface area contributed by atoms with Crippen LogP contribution in [-0.4, -0.2) is 14.9 Å². The number of H-pyrrole nitrogens is 1. The van der Waals surface area contributed by atoms with E-state index in [9.17, 15) is 4.91 Å². The molecule has 0 atom stereocenters. The van der Waals surface area contributed by atoms with Crippen LogP contribution in [0.1, 0.15) is 0 Å². The van der Waals surface area contributed by atoms with Crippen LogP contribution < -0.4 is 4.54 Å². The SMILES string of the molecule is Cn1[nH][n+](=O)c2ncccc21. The van der Waals surface area contributed by atoms with E-state index < -0.39 is 0 Å². The third-order valence-electron chi connectivity index (χ3n) is 1.56. The Labute approximate surface area is 61.8 Å². The molecule has 5 nitrogen and oxygen atoms in total. The zero-order valence-electron chi connectivity index (χ0n) is 5.98. The van der Waals surface area contributed by atoms with Gasteiger partial charge in [0, 0.05) is 0 Å². The van der Waals surface area contributed by atoms with Crippen molar-refractivity contribution in [2.45, 2.75) is 0 Å². The third kappa shape index (κ3) is 0.739. The zero-order chi connectivity index (χ0) is 7.84. The molecule has 0 bridgehead atoms. The van der Waals surface area contributed by atoms with Gasteiger partial charge in [-0.1, -0.05) is 4.91 Å². The minimum Gasteiger partial charge on any atom is -0.192 e. The predicted molar refractivity (Wildman–Crippen MR) is 38.4 cm³/mol. The summed E-state index contributed by atoms with van der Waals surface area (Å²) in [7, 11) is 1.76. The van der Waals surface area contributed by atoms with Crippen molar-refractivity contribution >= 4 is 11.2 Å². The topological polar surface area (TPSA) is 56.6 Å². The summed E-state index contributed by atoms with van der Waals surface area (Å²) in [6.45, 7) is 0. The van der Waals surface area contributed by atoms with Crippen molar-refractivity contribution in [3.05, 3.63) is 23.2 Å². The van der Waals surface area contributed by atoms with Gasteiger partial charge in [-0.25, -0.2) is 0 Å². The fourth-order valence-corrected chi connectivity index (χ4v) is 1.04. The Balaban J connectivity index is 3.07. The Bertz CT molecular complexity index is 441. The first-order valence-corrected chi connectivity index (χ1v) is 3.21. The highest BCUT2D eigenvalue weighted by Crippen LogP contribution is 2.00. The quantitative estimate of drug-likeness (QED) is 0.531. The number of aromatic amines is 1. The summed E-state index contributed by atoms with van der Waals surface area (Å²) < 4.78 is 2.25. The zero-order valence-corrected chi connectivity index (χ0v) is 5.98.